The minimum atomic E-state index is -0.400. The molecule has 1 saturated carbocycles. The molecule has 166 valence electrons. The Morgan fingerprint density at radius 3 is 2.70 bits per heavy atom. The SMILES string of the molecule is CCC(C)C(=O)N1Cc2nc(NC3CCCCC(C(=O)OC)CC3)ncc2C1(C)C. The van der Waals surface area contributed by atoms with Gasteiger partial charge in [0.1, 0.15) is 0 Å². The number of nitrogens with zero attached hydrogens (tertiary/aromatic N) is 3. The van der Waals surface area contributed by atoms with Gasteiger partial charge in [-0.2, -0.15) is 0 Å². The minimum Gasteiger partial charge on any atom is -0.469 e. The van der Waals surface area contributed by atoms with Crippen molar-refractivity contribution in [3.63, 3.8) is 0 Å². The largest absolute Gasteiger partial charge is 0.469 e. The first-order chi connectivity index (χ1) is 14.3. The first-order valence-corrected chi connectivity index (χ1v) is 11.3. The topological polar surface area (TPSA) is 84.4 Å². The van der Waals surface area contributed by atoms with Crippen molar-refractivity contribution in [1.82, 2.24) is 14.9 Å². The van der Waals surface area contributed by atoms with E-state index in [9.17, 15) is 9.59 Å². The normalized spacial score (nSPS) is 24.4. The van der Waals surface area contributed by atoms with Gasteiger partial charge in [0.05, 0.1) is 30.8 Å². The molecule has 30 heavy (non-hydrogen) atoms. The fraction of sp³-hybridized carbons (Fsp3) is 0.739. The summed E-state index contributed by atoms with van der Waals surface area (Å²) in [4.78, 5) is 36.1. The van der Waals surface area contributed by atoms with E-state index >= 15 is 0 Å². The number of rotatable bonds is 5. The van der Waals surface area contributed by atoms with Crippen molar-refractivity contribution in [1.29, 1.82) is 0 Å². The molecule has 3 unspecified atom stereocenters. The Bertz CT molecular complexity index is 780. The smallest absolute Gasteiger partial charge is 0.308 e. The van der Waals surface area contributed by atoms with E-state index in [0.717, 1.165) is 56.2 Å². The lowest BCUT2D eigenvalue weighted by atomic mass is 9.89. The van der Waals surface area contributed by atoms with E-state index < -0.39 is 5.54 Å². The Balaban J connectivity index is 1.70. The average molecular weight is 417 g/mol. The quantitative estimate of drug-likeness (QED) is 0.730. The number of ether oxygens (including phenoxy) is 1. The fourth-order valence-corrected chi connectivity index (χ4v) is 4.61. The van der Waals surface area contributed by atoms with E-state index in [1.54, 1.807) is 0 Å². The van der Waals surface area contributed by atoms with Gasteiger partial charge in [0, 0.05) is 23.7 Å². The van der Waals surface area contributed by atoms with Gasteiger partial charge in [-0.3, -0.25) is 9.59 Å². The van der Waals surface area contributed by atoms with Gasteiger partial charge < -0.3 is 15.0 Å². The molecule has 2 aliphatic rings. The first kappa shape index (κ1) is 22.5. The number of hydrogen-bond donors (Lipinski definition) is 1. The highest BCUT2D eigenvalue weighted by Gasteiger charge is 2.42. The third kappa shape index (κ3) is 4.60. The maximum Gasteiger partial charge on any atom is 0.308 e. The first-order valence-electron chi connectivity index (χ1n) is 11.3. The molecule has 7 heteroatoms. The molecule has 3 atom stereocenters. The van der Waals surface area contributed by atoms with Crippen LogP contribution in [0.4, 0.5) is 5.95 Å². The molecule has 1 aromatic rings. The average Bonchev–Trinajstić information content (AvgIpc) is 2.98. The van der Waals surface area contributed by atoms with Gasteiger partial charge in [-0.15, -0.1) is 0 Å². The lowest BCUT2D eigenvalue weighted by Crippen LogP contribution is -2.42. The van der Waals surface area contributed by atoms with Crippen LogP contribution >= 0.6 is 0 Å². The van der Waals surface area contributed by atoms with Crippen molar-refractivity contribution in [3.05, 3.63) is 17.5 Å². The van der Waals surface area contributed by atoms with Crippen molar-refractivity contribution < 1.29 is 14.3 Å². The summed E-state index contributed by atoms with van der Waals surface area (Å²) in [5, 5.41) is 3.48. The highest BCUT2D eigenvalue weighted by molar-refractivity contribution is 5.80. The molecule has 0 spiro atoms. The van der Waals surface area contributed by atoms with Crippen LogP contribution in [0, 0.1) is 11.8 Å². The van der Waals surface area contributed by atoms with Gasteiger partial charge in [-0.25, -0.2) is 9.97 Å². The van der Waals surface area contributed by atoms with E-state index in [4.69, 9.17) is 9.72 Å². The van der Waals surface area contributed by atoms with Crippen LogP contribution in [0.1, 0.15) is 83.9 Å². The van der Waals surface area contributed by atoms with Crippen molar-refractivity contribution in [2.45, 2.75) is 90.8 Å². The zero-order valence-corrected chi connectivity index (χ0v) is 19.0. The van der Waals surface area contributed by atoms with Gasteiger partial charge in [-0.05, 0) is 46.0 Å². The van der Waals surface area contributed by atoms with Crippen LogP contribution < -0.4 is 5.32 Å². The lowest BCUT2D eigenvalue weighted by Gasteiger charge is -2.33. The van der Waals surface area contributed by atoms with Crippen LogP contribution in [0.5, 0.6) is 0 Å². The van der Waals surface area contributed by atoms with Crippen LogP contribution in [0.2, 0.25) is 0 Å². The number of anilines is 1. The van der Waals surface area contributed by atoms with Gasteiger partial charge >= 0.3 is 5.97 Å². The van der Waals surface area contributed by atoms with Crippen LogP contribution in [-0.4, -0.2) is 39.9 Å². The van der Waals surface area contributed by atoms with E-state index in [0.29, 0.717) is 12.5 Å². The number of carbonyl (C=O) groups is 2. The zero-order chi connectivity index (χ0) is 21.9. The Morgan fingerprint density at radius 2 is 2.00 bits per heavy atom. The highest BCUT2D eigenvalue weighted by atomic mass is 16.5. The summed E-state index contributed by atoms with van der Waals surface area (Å²) in [5.74, 6) is 0.674. The fourth-order valence-electron chi connectivity index (χ4n) is 4.61. The number of carbonyl (C=O) groups excluding carboxylic acids is 2. The van der Waals surface area contributed by atoms with Crippen LogP contribution in [0.25, 0.3) is 0 Å². The number of hydrogen-bond acceptors (Lipinski definition) is 6. The summed E-state index contributed by atoms with van der Waals surface area (Å²) in [6.45, 7) is 8.68. The summed E-state index contributed by atoms with van der Waals surface area (Å²) in [6.07, 6.45) is 8.46. The van der Waals surface area contributed by atoms with E-state index in [1.807, 2.05) is 24.9 Å². The van der Waals surface area contributed by atoms with Crippen LogP contribution in [0.15, 0.2) is 6.20 Å². The Labute approximate surface area is 180 Å². The summed E-state index contributed by atoms with van der Waals surface area (Å²) >= 11 is 0. The monoisotopic (exact) mass is 416 g/mol. The summed E-state index contributed by atoms with van der Waals surface area (Å²) in [5.41, 5.74) is 1.54. The van der Waals surface area contributed by atoms with Crippen molar-refractivity contribution >= 4 is 17.8 Å². The van der Waals surface area contributed by atoms with Gasteiger partial charge in [0.15, 0.2) is 0 Å². The molecular formula is C23H36N4O3. The molecule has 1 aliphatic heterocycles. The third-order valence-electron chi connectivity index (χ3n) is 6.90. The molecule has 7 nitrogen and oxygen atoms in total. The molecule has 0 saturated heterocycles. The summed E-state index contributed by atoms with van der Waals surface area (Å²) < 4.78 is 4.95. The van der Waals surface area contributed by atoms with Gasteiger partial charge in [0.25, 0.3) is 0 Å². The maximum atomic E-state index is 12.9. The minimum absolute atomic E-state index is 0.00169. The van der Waals surface area contributed by atoms with Crippen LogP contribution in [-0.2, 0) is 26.4 Å². The molecule has 1 aliphatic carbocycles. The van der Waals surface area contributed by atoms with Crippen molar-refractivity contribution in [2.24, 2.45) is 11.8 Å². The highest BCUT2D eigenvalue weighted by Crippen LogP contribution is 2.39. The molecule has 0 bridgehead atoms. The van der Waals surface area contributed by atoms with E-state index in [-0.39, 0.29) is 29.8 Å². The molecule has 3 rings (SSSR count). The van der Waals surface area contributed by atoms with Gasteiger partial charge in [0.2, 0.25) is 11.9 Å². The number of aromatic nitrogens is 2. The zero-order valence-electron chi connectivity index (χ0n) is 19.0. The second-order valence-corrected chi connectivity index (χ2v) is 9.27. The predicted octanol–water partition coefficient (Wildman–Crippen LogP) is 4.02. The van der Waals surface area contributed by atoms with E-state index in [1.165, 1.54) is 7.11 Å². The molecule has 2 heterocycles. The second-order valence-electron chi connectivity index (χ2n) is 9.27. The van der Waals surface area contributed by atoms with Crippen molar-refractivity contribution in [2.75, 3.05) is 12.4 Å². The molecular weight excluding hydrogens is 380 g/mol. The number of amides is 1. The number of fused-ring (bicyclic) bond motifs is 1. The number of esters is 1. The lowest BCUT2D eigenvalue weighted by molar-refractivity contribution is -0.146. The molecule has 1 N–H and O–H groups in total. The molecule has 1 fully saturated rings. The molecule has 1 aromatic heterocycles. The standard InChI is InChI=1S/C23H36N4O3/c1-6-15(2)20(28)27-14-19-18(23(27,3)4)13-24-22(26-19)25-17-10-8-7-9-16(11-12-17)21(29)30-5/h13,15-17H,6-12,14H2,1-5H3,(H,24,25,26). The van der Waals surface area contributed by atoms with Gasteiger partial charge in [-0.1, -0.05) is 26.7 Å². The molecule has 1 amide bonds. The summed E-state index contributed by atoms with van der Waals surface area (Å²) in [6, 6.07) is 0.239. The Morgan fingerprint density at radius 1 is 1.27 bits per heavy atom. The maximum absolute atomic E-state index is 12.9. The van der Waals surface area contributed by atoms with E-state index in [2.05, 4.69) is 24.1 Å². The number of nitrogens with one attached hydrogen (secondary N) is 1. The van der Waals surface area contributed by atoms with Crippen LogP contribution in [0.3, 0.4) is 0 Å². The Kier molecular flexibility index (Phi) is 6.98. The molecule has 0 radical (unpaired) electrons. The Hall–Kier alpha value is -2.18. The number of methoxy groups -OCH3 is 1. The predicted molar refractivity (Wildman–Crippen MR) is 116 cm³/mol. The summed E-state index contributed by atoms with van der Waals surface area (Å²) in [7, 11) is 1.46. The molecule has 0 aromatic carbocycles. The third-order valence-corrected chi connectivity index (χ3v) is 6.90. The second kappa shape index (κ2) is 9.31. The van der Waals surface area contributed by atoms with Crippen molar-refractivity contribution in [3.8, 4) is 0 Å².